The van der Waals surface area contributed by atoms with E-state index in [1.807, 2.05) is 0 Å². The van der Waals surface area contributed by atoms with Crippen LogP contribution in [-0.4, -0.2) is 33.9 Å². The van der Waals surface area contributed by atoms with Crippen molar-refractivity contribution in [2.24, 2.45) is 0 Å². The van der Waals surface area contributed by atoms with Crippen LogP contribution in [0, 0.1) is 0 Å². The Labute approximate surface area is 72.5 Å². The molecule has 0 bridgehead atoms. The van der Waals surface area contributed by atoms with Crippen LogP contribution >= 0.6 is 25.3 Å². The summed E-state index contributed by atoms with van der Waals surface area (Å²) < 4.78 is 0. The molecule has 0 aliphatic carbocycles. The first-order valence-corrected chi connectivity index (χ1v) is 4.43. The highest BCUT2D eigenvalue weighted by Gasteiger charge is 2.08. The average Bonchev–Trinajstić information content (AvgIpc) is 1.88. The van der Waals surface area contributed by atoms with Crippen LogP contribution in [0.4, 0.5) is 0 Å². The van der Waals surface area contributed by atoms with Crippen LogP contribution in [0.2, 0.25) is 0 Å². The highest BCUT2D eigenvalue weighted by Crippen LogP contribution is 2.08. The molecule has 0 saturated heterocycles. The number of aliphatic hydroxyl groups excluding tert-OH is 2. The minimum Gasteiger partial charge on any atom is -0.396 e. The molecular weight excluding hydrogens is 168 g/mol. The summed E-state index contributed by atoms with van der Waals surface area (Å²) in [6.45, 7) is 0.0359. The van der Waals surface area contributed by atoms with Crippen LogP contribution in [0.15, 0.2) is 0 Å². The van der Waals surface area contributed by atoms with Crippen molar-refractivity contribution in [3.63, 3.8) is 0 Å². The van der Waals surface area contributed by atoms with Crippen LogP contribution in [-0.2, 0) is 0 Å². The van der Waals surface area contributed by atoms with Crippen LogP contribution in [0.25, 0.3) is 0 Å². The van der Waals surface area contributed by atoms with Gasteiger partial charge >= 0.3 is 0 Å². The zero-order chi connectivity index (χ0) is 7.98. The van der Waals surface area contributed by atoms with Crippen LogP contribution in [0.5, 0.6) is 0 Å². The average molecular weight is 182 g/mol. The van der Waals surface area contributed by atoms with Crippen molar-refractivity contribution in [2.75, 3.05) is 12.4 Å². The largest absolute Gasteiger partial charge is 0.396 e. The first kappa shape index (κ1) is 10.6. The van der Waals surface area contributed by atoms with Gasteiger partial charge < -0.3 is 10.2 Å². The van der Waals surface area contributed by atoms with E-state index in [2.05, 4.69) is 25.3 Å². The summed E-state index contributed by atoms with van der Waals surface area (Å²) in [5.41, 5.74) is 0. The van der Waals surface area contributed by atoms with Gasteiger partial charge in [-0.25, -0.2) is 0 Å². The van der Waals surface area contributed by atoms with Crippen molar-refractivity contribution in [3.8, 4) is 0 Å². The molecule has 62 valence electrons. The molecule has 0 spiro atoms. The maximum Gasteiger partial charge on any atom is 0.0572 e. The Hall–Kier alpha value is 0.620. The molecule has 0 aliphatic heterocycles. The number of hydrogen-bond donors (Lipinski definition) is 4. The molecule has 0 radical (unpaired) electrons. The predicted octanol–water partition coefficient (Wildman–Crippen LogP) is 0.348. The summed E-state index contributed by atoms with van der Waals surface area (Å²) in [5.74, 6) is 0.658. The second kappa shape index (κ2) is 6.34. The van der Waals surface area contributed by atoms with E-state index >= 15 is 0 Å². The van der Waals surface area contributed by atoms with Crippen molar-refractivity contribution >= 4 is 25.3 Å². The fraction of sp³-hybridized carbons (Fsp3) is 1.00. The topological polar surface area (TPSA) is 40.5 Å². The van der Waals surface area contributed by atoms with E-state index in [-0.39, 0.29) is 11.9 Å². The van der Waals surface area contributed by atoms with E-state index in [4.69, 9.17) is 10.2 Å². The molecule has 10 heavy (non-hydrogen) atoms. The van der Waals surface area contributed by atoms with Gasteiger partial charge in [0.25, 0.3) is 0 Å². The lowest BCUT2D eigenvalue weighted by molar-refractivity contribution is 0.126. The zero-order valence-electron chi connectivity index (χ0n) is 5.77. The minimum absolute atomic E-state index is 0.0359. The van der Waals surface area contributed by atoms with Gasteiger partial charge in [-0.1, -0.05) is 0 Å². The normalized spacial score (nSPS) is 16.8. The van der Waals surface area contributed by atoms with Gasteiger partial charge in [-0.3, -0.25) is 0 Å². The molecule has 0 aromatic carbocycles. The summed E-state index contributed by atoms with van der Waals surface area (Å²) in [6.07, 6.45) is 0.609. The van der Waals surface area contributed by atoms with Gasteiger partial charge in [-0.05, 0) is 12.8 Å². The molecule has 0 amide bonds. The Morgan fingerprint density at radius 1 is 1.40 bits per heavy atom. The van der Waals surface area contributed by atoms with Crippen molar-refractivity contribution in [3.05, 3.63) is 0 Å². The van der Waals surface area contributed by atoms with Gasteiger partial charge in [0, 0.05) is 17.6 Å². The summed E-state index contributed by atoms with van der Waals surface area (Å²) in [7, 11) is 0. The van der Waals surface area contributed by atoms with Crippen LogP contribution in [0.1, 0.15) is 12.8 Å². The maximum atomic E-state index is 9.11. The number of rotatable bonds is 5. The molecule has 0 saturated carbocycles. The summed E-state index contributed by atoms with van der Waals surface area (Å²) in [5, 5.41) is 17.7. The molecular formula is C6H14O2S2. The molecule has 0 fully saturated rings. The van der Waals surface area contributed by atoms with Gasteiger partial charge in [0.05, 0.1) is 6.10 Å². The van der Waals surface area contributed by atoms with E-state index < -0.39 is 6.10 Å². The number of thiol groups is 2. The standard InChI is InChI=1S/C6H14O2S2/c7-2-1-5(8)3-6(10)4-9/h5-10H,1-4H2. The van der Waals surface area contributed by atoms with Crippen molar-refractivity contribution in [2.45, 2.75) is 24.2 Å². The van der Waals surface area contributed by atoms with Gasteiger partial charge in [0.1, 0.15) is 0 Å². The second-order valence-corrected chi connectivity index (χ2v) is 3.33. The molecule has 2 nitrogen and oxygen atoms in total. The molecule has 0 rings (SSSR count). The highest BCUT2D eigenvalue weighted by molar-refractivity contribution is 7.84. The third-order valence-electron chi connectivity index (χ3n) is 1.22. The number of hydrogen-bond acceptors (Lipinski definition) is 4. The van der Waals surface area contributed by atoms with Gasteiger partial charge in [0.15, 0.2) is 0 Å². The predicted molar refractivity (Wildman–Crippen MR) is 49.0 cm³/mol. The van der Waals surface area contributed by atoms with E-state index in [9.17, 15) is 0 Å². The Morgan fingerprint density at radius 3 is 2.40 bits per heavy atom. The molecule has 0 aromatic heterocycles. The minimum atomic E-state index is -0.431. The fourth-order valence-corrected chi connectivity index (χ4v) is 1.05. The Balaban J connectivity index is 3.27. The third kappa shape index (κ3) is 5.41. The monoisotopic (exact) mass is 182 g/mol. The summed E-state index contributed by atoms with van der Waals surface area (Å²) >= 11 is 8.15. The molecule has 0 heterocycles. The molecule has 2 atom stereocenters. The molecule has 0 aliphatic rings. The van der Waals surface area contributed by atoms with Crippen molar-refractivity contribution < 1.29 is 10.2 Å². The lowest BCUT2D eigenvalue weighted by Crippen LogP contribution is -2.16. The first-order chi connectivity index (χ1) is 4.70. The first-order valence-electron chi connectivity index (χ1n) is 3.28. The fourth-order valence-electron chi connectivity index (χ4n) is 0.655. The zero-order valence-corrected chi connectivity index (χ0v) is 7.56. The summed E-state index contributed by atoms with van der Waals surface area (Å²) in [4.78, 5) is 0. The lowest BCUT2D eigenvalue weighted by Gasteiger charge is -2.11. The lowest BCUT2D eigenvalue weighted by atomic mass is 10.1. The van der Waals surface area contributed by atoms with Crippen LogP contribution in [0.3, 0.4) is 0 Å². The second-order valence-electron chi connectivity index (χ2n) is 2.24. The summed E-state index contributed by atoms with van der Waals surface area (Å²) in [6, 6.07) is 0. The Bertz CT molecular complexity index is 80.1. The highest BCUT2D eigenvalue weighted by atomic mass is 32.1. The Morgan fingerprint density at radius 2 is 2.00 bits per heavy atom. The molecule has 0 aromatic rings. The smallest absolute Gasteiger partial charge is 0.0572 e. The molecule has 4 heteroatoms. The van der Waals surface area contributed by atoms with Gasteiger partial charge in [-0.2, -0.15) is 25.3 Å². The molecule has 2 N–H and O–H groups in total. The SMILES string of the molecule is OCCC(O)CC(S)CS. The van der Waals surface area contributed by atoms with Gasteiger partial charge in [0.2, 0.25) is 0 Å². The molecule has 2 unspecified atom stereocenters. The Kier molecular flexibility index (Phi) is 6.73. The number of aliphatic hydroxyl groups is 2. The van der Waals surface area contributed by atoms with Gasteiger partial charge in [-0.15, -0.1) is 0 Å². The van der Waals surface area contributed by atoms with Crippen LogP contribution < -0.4 is 0 Å². The van der Waals surface area contributed by atoms with E-state index in [0.29, 0.717) is 18.6 Å². The quantitative estimate of drug-likeness (QED) is 0.463. The van der Waals surface area contributed by atoms with E-state index in [1.54, 1.807) is 0 Å². The maximum absolute atomic E-state index is 9.11. The van der Waals surface area contributed by atoms with Crippen molar-refractivity contribution in [1.29, 1.82) is 0 Å². The van der Waals surface area contributed by atoms with E-state index in [1.165, 1.54) is 0 Å². The van der Waals surface area contributed by atoms with Crippen molar-refractivity contribution in [1.82, 2.24) is 0 Å². The third-order valence-corrected chi connectivity index (χ3v) is 2.34. The van der Waals surface area contributed by atoms with E-state index in [0.717, 1.165) is 0 Å².